The maximum Gasteiger partial charge on any atom is 0.217 e. The van der Waals surface area contributed by atoms with Gasteiger partial charge in [-0.3, -0.25) is 9.69 Å². The molecule has 0 aromatic carbocycles. The van der Waals surface area contributed by atoms with Crippen molar-refractivity contribution in [3.63, 3.8) is 0 Å². The molecule has 92 valence electrons. The van der Waals surface area contributed by atoms with Gasteiger partial charge in [-0.25, -0.2) is 0 Å². The van der Waals surface area contributed by atoms with Crippen LogP contribution in [0.5, 0.6) is 0 Å². The summed E-state index contributed by atoms with van der Waals surface area (Å²) in [6, 6.07) is 1.22. The molecular weight excluding hydrogens is 200 g/mol. The average Bonchev–Trinajstić information content (AvgIpc) is 2.99. The summed E-state index contributed by atoms with van der Waals surface area (Å²) in [5.41, 5.74) is 0. The second-order valence-electron chi connectivity index (χ2n) is 5.47. The van der Waals surface area contributed by atoms with Gasteiger partial charge >= 0.3 is 0 Å². The first-order valence-corrected chi connectivity index (χ1v) is 6.70. The van der Waals surface area contributed by atoms with E-state index in [1.165, 1.54) is 38.6 Å². The van der Waals surface area contributed by atoms with Crippen molar-refractivity contribution in [1.29, 1.82) is 0 Å². The number of hydrogen-bond donors (Lipinski definition) is 1. The zero-order valence-corrected chi connectivity index (χ0v) is 10.5. The van der Waals surface area contributed by atoms with Gasteiger partial charge in [-0.15, -0.1) is 0 Å². The van der Waals surface area contributed by atoms with Crippen molar-refractivity contribution in [2.24, 2.45) is 5.92 Å². The molecule has 0 spiro atoms. The van der Waals surface area contributed by atoms with E-state index in [9.17, 15) is 4.79 Å². The fraction of sp³-hybridized carbons (Fsp3) is 0.923. The summed E-state index contributed by atoms with van der Waals surface area (Å²) in [7, 11) is 0. The Bertz CT molecular complexity index is 250. The summed E-state index contributed by atoms with van der Waals surface area (Å²) in [5.74, 6) is 0.911. The van der Waals surface area contributed by atoms with Gasteiger partial charge in [-0.05, 0) is 31.6 Å². The van der Waals surface area contributed by atoms with Crippen LogP contribution in [0.2, 0.25) is 0 Å². The quantitative estimate of drug-likeness (QED) is 0.789. The van der Waals surface area contributed by atoms with Gasteiger partial charge in [0.25, 0.3) is 0 Å². The van der Waals surface area contributed by atoms with Crippen LogP contribution in [-0.2, 0) is 4.79 Å². The van der Waals surface area contributed by atoms with Gasteiger partial charge in [0.1, 0.15) is 0 Å². The molecule has 2 rings (SSSR count). The molecule has 16 heavy (non-hydrogen) atoms. The van der Waals surface area contributed by atoms with Gasteiger partial charge in [0.05, 0.1) is 0 Å². The van der Waals surface area contributed by atoms with E-state index in [0.29, 0.717) is 6.04 Å². The molecule has 2 atom stereocenters. The second kappa shape index (κ2) is 5.17. The minimum absolute atomic E-state index is 0.123. The van der Waals surface area contributed by atoms with Gasteiger partial charge in [0.15, 0.2) is 0 Å². The van der Waals surface area contributed by atoms with Gasteiger partial charge in [0.2, 0.25) is 5.91 Å². The Hall–Kier alpha value is -0.570. The van der Waals surface area contributed by atoms with E-state index in [0.717, 1.165) is 18.5 Å². The smallest absolute Gasteiger partial charge is 0.217 e. The first-order valence-electron chi connectivity index (χ1n) is 6.70. The molecule has 2 unspecified atom stereocenters. The minimum atomic E-state index is 0.123. The average molecular weight is 224 g/mol. The van der Waals surface area contributed by atoms with E-state index in [2.05, 4.69) is 17.1 Å². The Labute approximate surface area is 98.6 Å². The van der Waals surface area contributed by atoms with Gasteiger partial charge < -0.3 is 5.32 Å². The Balaban J connectivity index is 1.89. The number of hydrogen-bond acceptors (Lipinski definition) is 2. The largest absolute Gasteiger partial charge is 0.352 e. The summed E-state index contributed by atoms with van der Waals surface area (Å²) in [6.45, 7) is 6.22. The summed E-state index contributed by atoms with van der Waals surface area (Å²) >= 11 is 0. The number of nitrogens with zero attached hydrogens (tertiary/aromatic N) is 1. The zero-order chi connectivity index (χ0) is 11.5. The molecule has 1 amide bonds. The fourth-order valence-corrected chi connectivity index (χ4v) is 2.99. The van der Waals surface area contributed by atoms with Crippen LogP contribution in [0, 0.1) is 5.92 Å². The maximum atomic E-state index is 11.1. The van der Waals surface area contributed by atoms with Crippen LogP contribution in [0.15, 0.2) is 0 Å². The van der Waals surface area contributed by atoms with Crippen molar-refractivity contribution in [3.05, 3.63) is 0 Å². The highest BCUT2D eigenvalue weighted by molar-refractivity contribution is 5.73. The number of piperidine rings is 1. The van der Waals surface area contributed by atoms with E-state index >= 15 is 0 Å². The Morgan fingerprint density at radius 1 is 1.38 bits per heavy atom. The van der Waals surface area contributed by atoms with E-state index in [1.807, 2.05) is 0 Å². The molecule has 1 aliphatic heterocycles. The summed E-state index contributed by atoms with van der Waals surface area (Å²) < 4.78 is 0. The first kappa shape index (κ1) is 11.9. The molecule has 0 radical (unpaired) electrons. The van der Waals surface area contributed by atoms with Crippen LogP contribution < -0.4 is 5.32 Å². The fourth-order valence-electron chi connectivity index (χ4n) is 2.99. The van der Waals surface area contributed by atoms with Crippen molar-refractivity contribution in [2.75, 3.05) is 13.1 Å². The van der Waals surface area contributed by atoms with Crippen molar-refractivity contribution < 1.29 is 4.79 Å². The van der Waals surface area contributed by atoms with Gasteiger partial charge in [-0.2, -0.15) is 0 Å². The lowest BCUT2D eigenvalue weighted by atomic mass is 9.90. The molecular formula is C13H24N2O. The molecule has 1 N–H and O–H groups in total. The number of likely N-dealkylation sites (tertiary alicyclic amines) is 1. The Morgan fingerprint density at radius 3 is 2.69 bits per heavy atom. The normalized spacial score (nSPS) is 31.4. The monoisotopic (exact) mass is 224 g/mol. The van der Waals surface area contributed by atoms with Gasteiger partial charge in [0, 0.05) is 32.1 Å². The molecule has 3 nitrogen and oxygen atoms in total. The lowest BCUT2D eigenvalue weighted by Crippen LogP contribution is -2.51. The minimum Gasteiger partial charge on any atom is -0.352 e. The van der Waals surface area contributed by atoms with Crippen molar-refractivity contribution in [3.8, 4) is 0 Å². The predicted molar refractivity (Wildman–Crippen MR) is 65.2 cm³/mol. The lowest BCUT2D eigenvalue weighted by molar-refractivity contribution is -0.120. The van der Waals surface area contributed by atoms with E-state index in [4.69, 9.17) is 0 Å². The third-order valence-electron chi connectivity index (χ3n) is 3.73. The molecule has 1 aliphatic carbocycles. The summed E-state index contributed by atoms with van der Waals surface area (Å²) in [4.78, 5) is 13.7. The molecule has 0 aromatic heterocycles. The third-order valence-corrected chi connectivity index (χ3v) is 3.73. The zero-order valence-electron chi connectivity index (χ0n) is 10.5. The Kier molecular flexibility index (Phi) is 3.85. The summed E-state index contributed by atoms with van der Waals surface area (Å²) in [5, 5.41) is 3.10. The topological polar surface area (TPSA) is 32.3 Å². The van der Waals surface area contributed by atoms with Crippen LogP contribution in [0.25, 0.3) is 0 Å². The molecule has 1 heterocycles. The number of nitrogens with one attached hydrogen (secondary N) is 1. The maximum absolute atomic E-state index is 11.1. The van der Waals surface area contributed by atoms with E-state index in [-0.39, 0.29) is 5.91 Å². The predicted octanol–water partition coefficient (Wildman–Crippen LogP) is 1.78. The van der Waals surface area contributed by atoms with Gasteiger partial charge in [-0.1, -0.05) is 13.3 Å². The van der Waals surface area contributed by atoms with E-state index in [1.54, 1.807) is 6.92 Å². The molecule has 3 heteroatoms. The SMILES string of the molecule is CCCC1CC(NC(C)=O)CN(C2CC2)C1. The Morgan fingerprint density at radius 2 is 2.12 bits per heavy atom. The number of carbonyl (C=O) groups excluding carboxylic acids is 1. The number of amides is 1. The van der Waals surface area contributed by atoms with Crippen LogP contribution in [-0.4, -0.2) is 36.0 Å². The standard InChI is InChI=1S/C13H24N2O/c1-3-4-11-7-12(14-10(2)16)9-15(8-11)13-5-6-13/h11-13H,3-9H2,1-2H3,(H,14,16). The highest BCUT2D eigenvalue weighted by Crippen LogP contribution is 2.32. The molecule has 0 bridgehead atoms. The second-order valence-corrected chi connectivity index (χ2v) is 5.47. The highest BCUT2D eigenvalue weighted by Gasteiger charge is 2.35. The number of carbonyl (C=O) groups is 1. The first-order chi connectivity index (χ1) is 7.69. The molecule has 2 aliphatic rings. The molecule has 1 saturated heterocycles. The number of rotatable bonds is 4. The summed E-state index contributed by atoms with van der Waals surface area (Å²) in [6.07, 6.45) is 6.48. The van der Waals surface area contributed by atoms with Crippen LogP contribution in [0.4, 0.5) is 0 Å². The molecule has 1 saturated carbocycles. The van der Waals surface area contributed by atoms with Crippen molar-refractivity contribution >= 4 is 5.91 Å². The van der Waals surface area contributed by atoms with Crippen LogP contribution in [0.1, 0.15) is 46.0 Å². The van der Waals surface area contributed by atoms with Crippen LogP contribution >= 0.6 is 0 Å². The van der Waals surface area contributed by atoms with E-state index < -0.39 is 0 Å². The highest BCUT2D eigenvalue weighted by atomic mass is 16.1. The molecule has 2 fully saturated rings. The lowest BCUT2D eigenvalue weighted by Gasteiger charge is -2.38. The van der Waals surface area contributed by atoms with Crippen molar-refractivity contribution in [2.45, 2.75) is 58.0 Å². The third kappa shape index (κ3) is 3.21. The van der Waals surface area contributed by atoms with Crippen LogP contribution in [0.3, 0.4) is 0 Å². The molecule has 0 aromatic rings. The van der Waals surface area contributed by atoms with Crippen molar-refractivity contribution in [1.82, 2.24) is 10.2 Å².